The summed E-state index contributed by atoms with van der Waals surface area (Å²) in [6.07, 6.45) is 2.24. The number of aliphatic hydroxyl groups is 3. The molecule has 2 unspecified atom stereocenters. The lowest BCUT2D eigenvalue weighted by Crippen LogP contribution is -2.64. The summed E-state index contributed by atoms with van der Waals surface area (Å²) in [7, 11) is 0. The summed E-state index contributed by atoms with van der Waals surface area (Å²) in [4.78, 5) is 11.3. The smallest absolute Gasteiger partial charge is 0.217 e. The van der Waals surface area contributed by atoms with Crippen LogP contribution in [0, 0.1) is 0 Å². The summed E-state index contributed by atoms with van der Waals surface area (Å²) < 4.78 is 11.2. The van der Waals surface area contributed by atoms with Crippen LogP contribution in [0.3, 0.4) is 0 Å². The number of alkyl halides is 1. The highest BCUT2D eigenvalue weighted by molar-refractivity contribution is 7.99. The zero-order valence-corrected chi connectivity index (χ0v) is 17.6. The molecule has 1 fully saturated rings. The van der Waals surface area contributed by atoms with E-state index in [4.69, 9.17) is 21.1 Å². The van der Waals surface area contributed by atoms with Crippen molar-refractivity contribution < 1.29 is 29.6 Å². The molecule has 1 rings (SSSR count). The standard InChI is InChI=1S/C18H34ClNO6S/c1-13(22)20-15-17(24)16(23)14(12-21)26-18(15)25-9-6-4-2-3-5-7-10-27-11-8-19/h14-18,21,23-24H,2-12H2,1H3,(H,20,22)/t14?,15?,16-,17-,18-/m1/s1. The van der Waals surface area contributed by atoms with Crippen LogP contribution in [-0.4, -0.2) is 82.5 Å². The Bertz CT molecular complexity index is 406. The van der Waals surface area contributed by atoms with Gasteiger partial charge in [-0.15, -0.1) is 11.6 Å². The van der Waals surface area contributed by atoms with Gasteiger partial charge >= 0.3 is 0 Å². The third-order valence-corrected chi connectivity index (χ3v) is 5.92. The van der Waals surface area contributed by atoms with Gasteiger partial charge in [-0.2, -0.15) is 11.8 Å². The maximum absolute atomic E-state index is 11.3. The fraction of sp³-hybridized carbons (Fsp3) is 0.944. The topological polar surface area (TPSA) is 108 Å². The van der Waals surface area contributed by atoms with E-state index in [1.54, 1.807) is 0 Å². The average molecular weight is 428 g/mol. The van der Waals surface area contributed by atoms with Gasteiger partial charge in [0.15, 0.2) is 6.29 Å². The molecule has 5 atom stereocenters. The molecule has 0 spiro atoms. The normalized spacial score (nSPS) is 28.3. The average Bonchev–Trinajstić information content (AvgIpc) is 2.64. The van der Waals surface area contributed by atoms with E-state index in [0.717, 1.165) is 25.0 Å². The highest BCUT2D eigenvalue weighted by Gasteiger charge is 2.45. The van der Waals surface area contributed by atoms with Gasteiger partial charge in [0.25, 0.3) is 0 Å². The Morgan fingerprint density at radius 3 is 2.41 bits per heavy atom. The molecular formula is C18H34ClNO6S. The molecule has 0 radical (unpaired) electrons. The van der Waals surface area contributed by atoms with Crippen molar-refractivity contribution in [1.29, 1.82) is 0 Å². The van der Waals surface area contributed by atoms with Gasteiger partial charge in [-0.1, -0.05) is 25.7 Å². The molecule has 27 heavy (non-hydrogen) atoms. The van der Waals surface area contributed by atoms with Crippen LogP contribution in [0.1, 0.15) is 45.4 Å². The summed E-state index contributed by atoms with van der Waals surface area (Å²) >= 11 is 7.53. The molecule has 1 amide bonds. The number of aliphatic hydroxyl groups excluding tert-OH is 3. The van der Waals surface area contributed by atoms with E-state index in [9.17, 15) is 20.1 Å². The van der Waals surface area contributed by atoms with Gasteiger partial charge in [-0.25, -0.2) is 0 Å². The Morgan fingerprint density at radius 1 is 1.11 bits per heavy atom. The number of halogens is 1. The molecule has 160 valence electrons. The maximum Gasteiger partial charge on any atom is 0.217 e. The molecule has 7 nitrogen and oxygen atoms in total. The van der Waals surface area contributed by atoms with Crippen molar-refractivity contribution in [2.45, 2.75) is 76.1 Å². The molecule has 0 saturated carbocycles. The molecule has 1 heterocycles. The summed E-state index contributed by atoms with van der Waals surface area (Å²) in [6.45, 7) is 1.31. The Kier molecular flexibility index (Phi) is 13.7. The fourth-order valence-corrected chi connectivity index (χ4v) is 4.03. The van der Waals surface area contributed by atoms with Gasteiger partial charge in [0, 0.05) is 25.2 Å². The van der Waals surface area contributed by atoms with Crippen LogP contribution in [0.25, 0.3) is 0 Å². The molecule has 0 aromatic carbocycles. The van der Waals surface area contributed by atoms with E-state index < -0.39 is 37.3 Å². The van der Waals surface area contributed by atoms with Crippen LogP contribution >= 0.6 is 23.4 Å². The minimum Gasteiger partial charge on any atom is -0.394 e. The minimum absolute atomic E-state index is 0.352. The van der Waals surface area contributed by atoms with Crippen molar-refractivity contribution in [3.05, 3.63) is 0 Å². The fourth-order valence-electron chi connectivity index (χ4n) is 2.98. The Hall–Kier alpha value is -0.0900. The molecule has 9 heteroatoms. The van der Waals surface area contributed by atoms with Gasteiger partial charge in [-0.05, 0) is 18.6 Å². The van der Waals surface area contributed by atoms with Crippen LogP contribution in [0.2, 0.25) is 0 Å². The number of thioether (sulfide) groups is 1. The number of carbonyl (C=O) groups excluding carboxylic acids is 1. The van der Waals surface area contributed by atoms with Crippen molar-refractivity contribution in [2.75, 3.05) is 30.6 Å². The number of hydrogen-bond donors (Lipinski definition) is 4. The van der Waals surface area contributed by atoms with Gasteiger partial charge in [-0.3, -0.25) is 4.79 Å². The third-order valence-electron chi connectivity index (χ3n) is 4.44. The number of nitrogens with one attached hydrogen (secondary N) is 1. The number of unbranched alkanes of at least 4 members (excludes halogenated alkanes) is 5. The molecule has 0 bridgehead atoms. The number of hydrogen-bond acceptors (Lipinski definition) is 7. The van der Waals surface area contributed by atoms with Crippen LogP contribution in [0.15, 0.2) is 0 Å². The lowest BCUT2D eigenvalue weighted by Gasteiger charge is -2.42. The third kappa shape index (κ3) is 9.78. The minimum atomic E-state index is -1.28. The molecule has 0 aromatic rings. The second-order valence-corrected chi connectivity index (χ2v) is 8.33. The number of rotatable bonds is 14. The first-order valence-corrected chi connectivity index (χ1v) is 11.3. The van der Waals surface area contributed by atoms with Crippen molar-refractivity contribution in [1.82, 2.24) is 5.32 Å². The van der Waals surface area contributed by atoms with Crippen molar-refractivity contribution in [3.8, 4) is 0 Å². The number of ether oxygens (including phenoxy) is 2. The lowest BCUT2D eigenvalue weighted by molar-refractivity contribution is -0.270. The van der Waals surface area contributed by atoms with E-state index in [1.807, 2.05) is 11.8 Å². The van der Waals surface area contributed by atoms with Crippen LogP contribution in [-0.2, 0) is 14.3 Å². The van der Waals surface area contributed by atoms with Crippen molar-refractivity contribution >= 4 is 29.3 Å². The zero-order valence-electron chi connectivity index (χ0n) is 16.0. The van der Waals surface area contributed by atoms with E-state index in [2.05, 4.69) is 5.32 Å². The quantitative estimate of drug-likeness (QED) is 0.244. The molecule has 1 aliphatic heterocycles. The van der Waals surface area contributed by atoms with Gasteiger partial charge in [0.1, 0.15) is 24.4 Å². The lowest BCUT2D eigenvalue weighted by atomic mass is 9.97. The summed E-state index contributed by atoms with van der Waals surface area (Å²) in [5.41, 5.74) is 0. The molecule has 0 aromatic heterocycles. The van der Waals surface area contributed by atoms with Crippen molar-refractivity contribution in [2.24, 2.45) is 0 Å². The predicted molar refractivity (Wildman–Crippen MR) is 107 cm³/mol. The SMILES string of the molecule is CC(=O)NC1[C@H](OCCCCCCCCSCCCl)OC(CO)[C@@H](O)[C@@H]1O. The second kappa shape index (κ2) is 14.8. The predicted octanol–water partition coefficient (Wildman–Crippen LogP) is 1.26. The summed E-state index contributed by atoms with van der Waals surface area (Å²) in [5.74, 6) is 2.55. The summed E-state index contributed by atoms with van der Waals surface area (Å²) in [5, 5.41) is 32.0. The second-order valence-electron chi connectivity index (χ2n) is 6.73. The molecule has 0 aliphatic carbocycles. The van der Waals surface area contributed by atoms with Crippen LogP contribution < -0.4 is 5.32 Å². The largest absolute Gasteiger partial charge is 0.394 e. The first kappa shape index (κ1) is 24.9. The van der Waals surface area contributed by atoms with E-state index >= 15 is 0 Å². The van der Waals surface area contributed by atoms with Crippen LogP contribution in [0.4, 0.5) is 0 Å². The molecule has 4 N–H and O–H groups in total. The summed E-state index contributed by atoms with van der Waals surface area (Å²) in [6, 6.07) is -0.870. The van der Waals surface area contributed by atoms with Gasteiger partial charge in [0.05, 0.1) is 6.61 Å². The molecular weight excluding hydrogens is 394 g/mol. The first-order chi connectivity index (χ1) is 13.0. The van der Waals surface area contributed by atoms with Gasteiger partial charge < -0.3 is 30.1 Å². The monoisotopic (exact) mass is 427 g/mol. The van der Waals surface area contributed by atoms with Crippen molar-refractivity contribution in [3.63, 3.8) is 0 Å². The Labute approximate surface area is 171 Å². The number of carbonyl (C=O) groups is 1. The Morgan fingerprint density at radius 2 is 1.78 bits per heavy atom. The van der Waals surface area contributed by atoms with Crippen LogP contribution in [0.5, 0.6) is 0 Å². The van der Waals surface area contributed by atoms with E-state index in [0.29, 0.717) is 12.5 Å². The van der Waals surface area contributed by atoms with E-state index in [-0.39, 0.29) is 5.91 Å². The Balaban J connectivity index is 2.23. The first-order valence-electron chi connectivity index (χ1n) is 9.66. The molecule has 1 aliphatic rings. The maximum atomic E-state index is 11.3. The molecule has 1 saturated heterocycles. The van der Waals surface area contributed by atoms with E-state index in [1.165, 1.54) is 31.9 Å². The highest BCUT2D eigenvalue weighted by atomic mass is 35.5. The highest BCUT2D eigenvalue weighted by Crippen LogP contribution is 2.22. The number of amides is 1. The zero-order chi connectivity index (χ0) is 20.1. The van der Waals surface area contributed by atoms with Gasteiger partial charge in [0.2, 0.25) is 5.91 Å².